The normalized spacial score (nSPS) is 31.8. The number of fused-ring (bicyclic) bond motifs is 1. The van der Waals surface area contributed by atoms with Gasteiger partial charge < -0.3 is 20.9 Å². The highest BCUT2D eigenvalue weighted by Gasteiger charge is 2.70. The van der Waals surface area contributed by atoms with Gasteiger partial charge >= 0.3 is 0 Å². The Bertz CT molecular complexity index is 602. The summed E-state index contributed by atoms with van der Waals surface area (Å²) in [6, 6.07) is 7.56. The molecule has 2 aliphatic rings. The van der Waals surface area contributed by atoms with Gasteiger partial charge in [0.2, 0.25) is 5.91 Å². The smallest absolute Gasteiger partial charge is 0.241 e. The van der Waals surface area contributed by atoms with E-state index in [1.165, 1.54) is 0 Å². The van der Waals surface area contributed by atoms with Crippen LogP contribution in [0, 0.1) is 11.3 Å². The number of rotatable bonds is 4. The lowest BCUT2D eigenvalue weighted by molar-refractivity contribution is -0.225. The van der Waals surface area contributed by atoms with Gasteiger partial charge in [-0.3, -0.25) is 4.79 Å². The van der Waals surface area contributed by atoms with Crippen molar-refractivity contribution in [2.45, 2.75) is 51.5 Å². The van der Waals surface area contributed by atoms with Crippen LogP contribution in [0.1, 0.15) is 37.8 Å². The Morgan fingerprint density at radius 2 is 2.17 bits per heavy atom. The first-order chi connectivity index (χ1) is 10.9. The van der Waals surface area contributed by atoms with E-state index in [1.54, 1.807) is 0 Å². The highest BCUT2D eigenvalue weighted by molar-refractivity contribution is 5.89. The lowest BCUT2D eigenvalue weighted by atomic mass is 9.46. The first-order valence-corrected chi connectivity index (χ1v) is 8.28. The van der Waals surface area contributed by atoms with Crippen LogP contribution in [0.4, 0.5) is 0 Å². The molecule has 0 spiro atoms. The molecule has 23 heavy (non-hydrogen) atoms. The van der Waals surface area contributed by atoms with Crippen molar-refractivity contribution in [1.82, 2.24) is 5.32 Å². The van der Waals surface area contributed by atoms with Crippen molar-refractivity contribution in [2.75, 3.05) is 6.61 Å². The Morgan fingerprint density at radius 1 is 1.43 bits per heavy atom. The molecule has 5 heteroatoms. The average Bonchev–Trinajstić information content (AvgIpc) is 2.59. The van der Waals surface area contributed by atoms with Crippen LogP contribution >= 0.6 is 0 Å². The number of hydrogen-bond acceptors (Lipinski definition) is 4. The van der Waals surface area contributed by atoms with E-state index in [-0.39, 0.29) is 30.0 Å². The highest BCUT2D eigenvalue weighted by atomic mass is 16.5. The molecule has 1 aliphatic heterocycles. The molecule has 4 N–H and O–H groups in total. The second-order valence-electron chi connectivity index (χ2n) is 7.29. The SMILES string of the molecule is CC1(C)C2OCCCC2C1(N)C(=O)NCc1cccc(CO)c1. The maximum absolute atomic E-state index is 12.8. The van der Waals surface area contributed by atoms with Crippen molar-refractivity contribution in [2.24, 2.45) is 17.1 Å². The first-order valence-electron chi connectivity index (χ1n) is 8.28. The summed E-state index contributed by atoms with van der Waals surface area (Å²) < 4.78 is 5.84. The first kappa shape index (κ1) is 16.4. The molecule has 0 radical (unpaired) electrons. The monoisotopic (exact) mass is 318 g/mol. The van der Waals surface area contributed by atoms with Crippen LogP contribution in [0.15, 0.2) is 24.3 Å². The number of carbonyl (C=O) groups is 1. The molecule has 0 aromatic heterocycles. The number of nitrogens with one attached hydrogen (secondary N) is 1. The molecule has 3 atom stereocenters. The van der Waals surface area contributed by atoms with Crippen LogP contribution in [0.5, 0.6) is 0 Å². The Hall–Kier alpha value is -1.43. The molecule has 1 aliphatic carbocycles. The van der Waals surface area contributed by atoms with Crippen molar-refractivity contribution in [3.63, 3.8) is 0 Å². The van der Waals surface area contributed by atoms with Crippen LogP contribution in [-0.4, -0.2) is 29.3 Å². The molecule has 3 rings (SSSR count). The van der Waals surface area contributed by atoms with Gasteiger partial charge in [-0.25, -0.2) is 0 Å². The summed E-state index contributed by atoms with van der Waals surface area (Å²) >= 11 is 0. The van der Waals surface area contributed by atoms with Gasteiger partial charge in [0.25, 0.3) is 0 Å². The predicted octanol–water partition coefficient (Wildman–Crippen LogP) is 1.33. The molecule has 1 saturated heterocycles. The fourth-order valence-corrected chi connectivity index (χ4v) is 4.20. The summed E-state index contributed by atoms with van der Waals surface area (Å²) in [6.45, 7) is 5.21. The zero-order valence-electron chi connectivity index (χ0n) is 13.8. The Morgan fingerprint density at radius 3 is 2.91 bits per heavy atom. The molecule has 126 valence electrons. The van der Waals surface area contributed by atoms with Crippen LogP contribution in [-0.2, 0) is 22.7 Å². The summed E-state index contributed by atoms with van der Waals surface area (Å²) in [5.41, 5.74) is 7.12. The van der Waals surface area contributed by atoms with Gasteiger partial charge in [0.15, 0.2) is 0 Å². The molecule has 3 unspecified atom stereocenters. The van der Waals surface area contributed by atoms with E-state index in [9.17, 15) is 9.90 Å². The minimum atomic E-state index is -0.882. The second-order valence-corrected chi connectivity index (χ2v) is 7.29. The van der Waals surface area contributed by atoms with E-state index < -0.39 is 5.54 Å². The molecule has 1 aromatic carbocycles. The lowest BCUT2D eigenvalue weighted by Crippen LogP contribution is -2.82. The topological polar surface area (TPSA) is 84.6 Å². The number of nitrogens with two attached hydrogens (primary N) is 1. The molecule has 1 aromatic rings. The number of aliphatic hydroxyl groups is 1. The third-order valence-electron chi connectivity index (χ3n) is 5.69. The van der Waals surface area contributed by atoms with Crippen molar-refractivity contribution < 1.29 is 14.6 Å². The fourth-order valence-electron chi connectivity index (χ4n) is 4.20. The lowest BCUT2D eigenvalue weighted by Gasteiger charge is -2.65. The number of benzene rings is 1. The maximum atomic E-state index is 12.8. The van der Waals surface area contributed by atoms with Gasteiger partial charge in [0.05, 0.1) is 12.7 Å². The highest BCUT2D eigenvalue weighted by Crippen LogP contribution is 2.57. The van der Waals surface area contributed by atoms with Crippen LogP contribution < -0.4 is 11.1 Å². The van der Waals surface area contributed by atoms with Gasteiger partial charge in [-0.2, -0.15) is 0 Å². The minimum Gasteiger partial charge on any atom is -0.392 e. The number of carbonyl (C=O) groups excluding carboxylic acids is 1. The van der Waals surface area contributed by atoms with E-state index in [2.05, 4.69) is 5.32 Å². The molecular weight excluding hydrogens is 292 g/mol. The second kappa shape index (κ2) is 5.89. The Labute approximate surface area is 137 Å². The summed E-state index contributed by atoms with van der Waals surface area (Å²) in [5.74, 6) is -0.0151. The van der Waals surface area contributed by atoms with Crippen molar-refractivity contribution in [1.29, 1.82) is 0 Å². The van der Waals surface area contributed by atoms with Gasteiger partial charge in [0, 0.05) is 24.5 Å². The maximum Gasteiger partial charge on any atom is 0.241 e. The molecule has 2 fully saturated rings. The standard InChI is InChI=1S/C18H26N2O3/c1-17(2)15-14(7-4-8-23-15)18(17,19)16(22)20-10-12-5-3-6-13(9-12)11-21/h3,5-6,9,14-15,21H,4,7-8,10-11,19H2,1-2H3,(H,20,22). The van der Waals surface area contributed by atoms with Gasteiger partial charge in [-0.1, -0.05) is 38.1 Å². The Kier molecular flexibility index (Phi) is 4.21. The molecule has 5 nitrogen and oxygen atoms in total. The van der Waals surface area contributed by atoms with E-state index in [0.717, 1.165) is 30.6 Å². The third kappa shape index (κ3) is 2.47. The van der Waals surface area contributed by atoms with E-state index in [0.29, 0.717) is 6.54 Å². The fraction of sp³-hybridized carbons (Fsp3) is 0.611. The summed E-state index contributed by atoms with van der Waals surface area (Å²) in [4.78, 5) is 12.8. The van der Waals surface area contributed by atoms with Gasteiger partial charge in [-0.15, -0.1) is 0 Å². The van der Waals surface area contributed by atoms with Gasteiger partial charge in [-0.05, 0) is 24.0 Å². The average molecular weight is 318 g/mol. The predicted molar refractivity (Wildman–Crippen MR) is 87.4 cm³/mol. The van der Waals surface area contributed by atoms with Crippen molar-refractivity contribution in [3.8, 4) is 0 Å². The van der Waals surface area contributed by atoms with Crippen LogP contribution in [0.3, 0.4) is 0 Å². The number of amides is 1. The molecule has 1 saturated carbocycles. The van der Waals surface area contributed by atoms with Gasteiger partial charge in [0.1, 0.15) is 5.54 Å². The number of hydrogen-bond donors (Lipinski definition) is 3. The molecule has 1 amide bonds. The molecule has 0 bridgehead atoms. The summed E-state index contributed by atoms with van der Waals surface area (Å²) in [6.07, 6.45) is 1.98. The zero-order valence-corrected chi connectivity index (χ0v) is 13.8. The largest absolute Gasteiger partial charge is 0.392 e. The zero-order chi connectivity index (χ0) is 16.7. The molecule has 1 heterocycles. The third-order valence-corrected chi connectivity index (χ3v) is 5.69. The number of ether oxygens (including phenoxy) is 1. The quantitative estimate of drug-likeness (QED) is 0.782. The van der Waals surface area contributed by atoms with Crippen LogP contribution in [0.25, 0.3) is 0 Å². The minimum absolute atomic E-state index is 0.00324. The van der Waals surface area contributed by atoms with Crippen molar-refractivity contribution >= 4 is 5.91 Å². The van der Waals surface area contributed by atoms with Crippen LogP contribution in [0.2, 0.25) is 0 Å². The van der Waals surface area contributed by atoms with E-state index >= 15 is 0 Å². The summed E-state index contributed by atoms with van der Waals surface area (Å²) in [5, 5.41) is 12.2. The molecular formula is C18H26N2O3. The van der Waals surface area contributed by atoms with Crippen molar-refractivity contribution in [3.05, 3.63) is 35.4 Å². The number of aliphatic hydroxyl groups excluding tert-OH is 1. The summed E-state index contributed by atoms with van der Waals surface area (Å²) in [7, 11) is 0. The van der Waals surface area contributed by atoms with E-state index in [1.807, 2.05) is 38.1 Å². The Balaban J connectivity index is 1.69. The van der Waals surface area contributed by atoms with E-state index in [4.69, 9.17) is 10.5 Å².